The first-order chi connectivity index (χ1) is 10.2. The molecular formula is C17H22N2O2. The molecule has 0 unspecified atom stereocenters. The van der Waals surface area contributed by atoms with E-state index in [0.29, 0.717) is 6.54 Å². The molecule has 112 valence electrons. The molecule has 0 spiro atoms. The maximum atomic E-state index is 9.71. The highest BCUT2D eigenvalue weighted by molar-refractivity contribution is 5.76. The summed E-state index contributed by atoms with van der Waals surface area (Å²) in [4.78, 5) is 4.51. The summed E-state index contributed by atoms with van der Waals surface area (Å²) < 4.78 is 1.91. The standard InChI is InChI=1S/C17H22N2O2/c1-3-7-13(2)17-16(14-8-5-4-6-9-14)18-12-19(17)10-15(21)11-20/h4-9,12,15,20-21H,3,10-11H2,1-2H3/b13-7+/t15-/m1/s1. The van der Waals surface area contributed by atoms with Crippen molar-refractivity contribution < 1.29 is 10.2 Å². The minimum Gasteiger partial charge on any atom is -0.394 e. The quantitative estimate of drug-likeness (QED) is 0.858. The van der Waals surface area contributed by atoms with Crippen molar-refractivity contribution in [3.05, 3.63) is 48.4 Å². The van der Waals surface area contributed by atoms with Crippen LogP contribution in [0.5, 0.6) is 0 Å². The molecule has 0 radical (unpaired) electrons. The van der Waals surface area contributed by atoms with E-state index in [1.54, 1.807) is 6.33 Å². The fourth-order valence-corrected chi connectivity index (χ4v) is 2.43. The monoisotopic (exact) mass is 286 g/mol. The molecule has 0 aliphatic heterocycles. The molecule has 21 heavy (non-hydrogen) atoms. The van der Waals surface area contributed by atoms with Crippen LogP contribution in [-0.4, -0.2) is 32.5 Å². The van der Waals surface area contributed by atoms with Gasteiger partial charge in [0.25, 0.3) is 0 Å². The number of hydrogen-bond acceptors (Lipinski definition) is 3. The Balaban J connectivity index is 2.49. The summed E-state index contributed by atoms with van der Waals surface area (Å²) in [5, 5.41) is 18.8. The SMILES string of the molecule is CC/C=C(\C)c1c(-c2ccccc2)ncn1C[C@@H](O)CO. The van der Waals surface area contributed by atoms with Crippen molar-refractivity contribution in [1.82, 2.24) is 9.55 Å². The first-order valence-corrected chi connectivity index (χ1v) is 7.24. The number of nitrogens with zero attached hydrogens (tertiary/aromatic N) is 2. The van der Waals surface area contributed by atoms with Crippen molar-refractivity contribution in [3.8, 4) is 11.3 Å². The highest BCUT2D eigenvalue weighted by Crippen LogP contribution is 2.28. The molecule has 1 heterocycles. The third kappa shape index (κ3) is 3.60. The maximum Gasteiger partial charge on any atom is 0.0959 e. The van der Waals surface area contributed by atoms with E-state index < -0.39 is 6.10 Å². The number of aromatic nitrogens is 2. The van der Waals surface area contributed by atoms with E-state index in [1.165, 1.54) is 0 Å². The topological polar surface area (TPSA) is 58.3 Å². The van der Waals surface area contributed by atoms with Crippen molar-refractivity contribution in [2.45, 2.75) is 32.9 Å². The third-order valence-electron chi connectivity index (χ3n) is 3.39. The number of aliphatic hydroxyl groups excluding tert-OH is 2. The van der Waals surface area contributed by atoms with Crippen molar-refractivity contribution in [2.24, 2.45) is 0 Å². The minimum absolute atomic E-state index is 0.255. The molecule has 0 saturated heterocycles. The van der Waals surface area contributed by atoms with Gasteiger partial charge in [-0.2, -0.15) is 0 Å². The highest BCUT2D eigenvalue weighted by atomic mass is 16.3. The van der Waals surface area contributed by atoms with Gasteiger partial charge in [-0.05, 0) is 18.9 Å². The van der Waals surface area contributed by atoms with Gasteiger partial charge >= 0.3 is 0 Å². The van der Waals surface area contributed by atoms with Gasteiger partial charge in [0.05, 0.1) is 37.0 Å². The number of imidazole rings is 1. The zero-order valence-electron chi connectivity index (χ0n) is 12.5. The normalized spacial score (nSPS) is 13.4. The van der Waals surface area contributed by atoms with Gasteiger partial charge in [-0.3, -0.25) is 0 Å². The second-order valence-electron chi connectivity index (χ2n) is 5.09. The number of hydrogen-bond donors (Lipinski definition) is 2. The molecule has 1 aromatic heterocycles. The van der Waals surface area contributed by atoms with Gasteiger partial charge in [0, 0.05) is 5.56 Å². The molecule has 0 aliphatic carbocycles. The lowest BCUT2D eigenvalue weighted by atomic mass is 10.0. The predicted octanol–water partition coefficient (Wildman–Crippen LogP) is 2.72. The molecule has 0 saturated carbocycles. The van der Waals surface area contributed by atoms with E-state index in [1.807, 2.05) is 34.9 Å². The number of rotatable bonds is 6. The van der Waals surface area contributed by atoms with Crippen molar-refractivity contribution in [3.63, 3.8) is 0 Å². The fraction of sp³-hybridized carbons (Fsp3) is 0.353. The predicted molar refractivity (Wildman–Crippen MR) is 84.7 cm³/mol. The molecule has 2 aromatic rings. The summed E-state index contributed by atoms with van der Waals surface area (Å²) in [7, 11) is 0. The second-order valence-corrected chi connectivity index (χ2v) is 5.09. The van der Waals surface area contributed by atoms with E-state index in [-0.39, 0.29) is 6.61 Å². The van der Waals surface area contributed by atoms with Gasteiger partial charge in [0.1, 0.15) is 0 Å². The molecule has 0 bridgehead atoms. The Bertz CT molecular complexity index is 603. The Morgan fingerprint density at radius 1 is 1.33 bits per heavy atom. The Morgan fingerprint density at radius 3 is 2.67 bits per heavy atom. The van der Waals surface area contributed by atoms with Crippen LogP contribution in [0.2, 0.25) is 0 Å². The second kappa shape index (κ2) is 7.20. The van der Waals surface area contributed by atoms with Gasteiger partial charge in [-0.15, -0.1) is 0 Å². The lowest BCUT2D eigenvalue weighted by Crippen LogP contribution is -2.20. The third-order valence-corrected chi connectivity index (χ3v) is 3.39. The lowest BCUT2D eigenvalue weighted by molar-refractivity contribution is 0.0810. The molecule has 0 amide bonds. The Morgan fingerprint density at radius 2 is 2.05 bits per heavy atom. The van der Waals surface area contributed by atoms with E-state index in [4.69, 9.17) is 5.11 Å². The minimum atomic E-state index is -0.781. The molecule has 4 nitrogen and oxygen atoms in total. The Hall–Kier alpha value is -1.91. The van der Waals surface area contributed by atoms with Crippen LogP contribution in [0, 0.1) is 0 Å². The maximum absolute atomic E-state index is 9.71. The molecule has 2 N–H and O–H groups in total. The summed E-state index contributed by atoms with van der Waals surface area (Å²) in [6.07, 6.45) is 4.03. The smallest absolute Gasteiger partial charge is 0.0959 e. The average molecular weight is 286 g/mol. The molecule has 0 aliphatic rings. The van der Waals surface area contributed by atoms with Crippen LogP contribution in [-0.2, 0) is 6.54 Å². The molecule has 1 aromatic carbocycles. The molecule has 0 fully saturated rings. The highest BCUT2D eigenvalue weighted by Gasteiger charge is 2.16. The Labute approximate surface area is 125 Å². The Kier molecular flexibility index (Phi) is 5.31. The molecule has 1 atom stereocenters. The van der Waals surface area contributed by atoms with Crippen LogP contribution < -0.4 is 0 Å². The van der Waals surface area contributed by atoms with E-state index >= 15 is 0 Å². The molecule has 2 rings (SSSR count). The van der Waals surface area contributed by atoms with Gasteiger partial charge in [0.15, 0.2) is 0 Å². The van der Waals surface area contributed by atoms with Gasteiger partial charge in [-0.25, -0.2) is 4.98 Å². The summed E-state index contributed by atoms with van der Waals surface area (Å²) >= 11 is 0. The van der Waals surface area contributed by atoms with Crippen LogP contribution in [0.3, 0.4) is 0 Å². The van der Waals surface area contributed by atoms with E-state index in [2.05, 4.69) is 24.9 Å². The van der Waals surface area contributed by atoms with Gasteiger partial charge in [-0.1, -0.05) is 43.3 Å². The molecule has 4 heteroatoms. The van der Waals surface area contributed by atoms with Crippen LogP contribution in [0.4, 0.5) is 0 Å². The summed E-state index contributed by atoms with van der Waals surface area (Å²) in [5.41, 5.74) is 4.08. The van der Waals surface area contributed by atoms with Crippen molar-refractivity contribution in [2.75, 3.05) is 6.61 Å². The average Bonchev–Trinajstić information content (AvgIpc) is 2.92. The van der Waals surface area contributed by atoms with Crippen molar-refractivity contribution in [1.29, 1.82) is 0 Å². The van der Waals surface area contributed by atoms with Crippen LogP contribution in [0.1, 0.15) is 26.0 Å². The van der Waals surface area contributed by atoms with Crippen molar-refractivity contribution >= 4 is 5.57 Å². The largest absolute Gasteiger partial charge is 0.394 e. The number of aliphatic hydroxyl groups is 2. The molecular weight excluding hydrogens is 264 g/mol. The summed E-state index contributed by atoms with van der Waals surface area (Å²) in [6, 6.07) is 10.00. The van der Waals surface area contributed by atoms with Gasteiger partial charge < -0.3 is 14.8 Å². The number of allylic oxidation sites excluding steroid dienone is 2. The zero-order chi connectivity index (χ0) is 15.2. The summed E-state index contributed by atoms with van der Waals surface area (Å²) in [5.74, 6) is 0. The van der Waals surface area contributed by atoms with E-state index in [9.17, 15) is 5.11 Å². The zero-order valence-corrected chi connectivity index (χ0v) is 12.5. The first kappa shape index (κ1) is 15.5. The first-order valence-electron chi connectivity index (χ1n) is 7.24. The van der Waals surface area contributed by atoms with Crippen LogP contribution in [0.25, 0.3) is 16.8 Å². The lowest BCUT2D eigenvalue weighted by Gasteiger charge is -2.13. The van der Waals surface area contributed by atoms with Gasteiger partial charge in [0.2, 0.25) is 0 Å². The summed E-state index contributed by atoms with van der Waals surface area (Å²) in [6.45, 7) is 4.22. The number of benzene rings is 1. The fourth-order valence-electron chi connectivity index (χ4n) is 2.43. The van der Waals surface area contributed by atoms with Crippen LogP contribution >= 0.6 is 0 Å². The van der Waals surface area contributed by atoms with E-state index in [0.717, 1.165) is 28.9 Å². The van der Waals surface area contributed by atoms with Crippen LogP contribution in [0.15, 0.2) is 42.7 Å².